The number of anilines is 2. The lowest BCUT2D eigenvalue weighted by Crippen LogP contribution is -2.51. The van der Waals surface area contributed by atoms with Crippen molar-refractivity contribution in [3.8, 4) is 34.2 Å². The van der Waals surface area contributed by atoms with E-state index in [0.717, 1.165) is 11.3 Å². The maximum absolute atomic E-state index is 13.0. The number of ether oxygens (including phenoxy) is 2. The summed E-state index contributed by atoms with van der Waals surface area (Å²) in [6.07, 6.45) is 0.298. The predicted molar refractivity (Wildman–Crippen MR) is 180 cm³/mol. The molecule has 2 aromatic carbocycles. The van der Waals surface area contributed by atoms with E-state index in [2.05, 4.69) is 26.7 Å². The Balaban J connectivity index is 1.76. The van der Waals surface area contributed by atoms with E-state index in [1.807, 2.05) is 0 Å². The molecule has 0 saturated heterocycles. The predicted octanol–water partition coefficient (Wildman–Crippen LogP) is 7.13. The van der Waals surface area contributed by atoms with E-state index in [0.29, 0.717) is 38.8 Å². The normalized spacial score (nSPS) is 11.7. The third-order valence-electron chi connectivity index (χ3n) is 6.85. The summed E-state index contributed by atoms with van der Waals surface area (Å²) in [4.78, 5) is 47.9. The highest BCUT2D eigenvalue weighted by atomic mass is 35.5. The van der Waals surface area contributed by atoms with E-state index in [1.165, 1.54) is 18.2 Å². The molecule has 244 valence electrons. The Labute approximate surface area is 280 Å². The third-order valence-corrected chi connectivity index (χ3v) is 7.86. The number of hydrogen-bond acceptors (Lipinski definition) is 9. The second-order valence-corrected chi connectivity index (χ2v) is 12.7. The molecule has 3 N–H and O–H groups in total. The fourth-order valence-corrected chi connectivity index (χ4v) is 5.73. The number of benzene rings is 2. The molecule has 2 aromatic heterocycles. The summed E-state index contributed by atoms with van der Waals surface area (Å²) < 4.78 is 10.8. The van der Waals surface area contributed by atoms with Gasteiger partial charge in [0.1, 0.15) is 17.4 Å². The first kappa shape index (κ1) is 34.8. The standard InChI is InChI=1S/C33H33ClN6O6S/c1-19(40(32(43)44)33(2,3)4)13-28(41)37-22-8-6-7-20(14-22)24-16-26(23-10-9-21(34)15-27(23)46-18-45-5)38-29(25(24)17-35)39-30(42)31-36-11-12-47-31/h6-12,14-16,19H,13,18H2,1-5H3,(H,37,41)(H,43,44)(H,38,39,42)/t19-/m0/s1. The van der Waals surface area contributed by atoms with Crippen LogP contribution < -0.4 is 15.4 Å². The molecule has 1 atom stereocenters. The number of carbonyl (C=O) groups is 3. The minimum atomic E-state index is -1.12. The third kappa shape index (κ3) is 8.62. The Bertz CT molecular complexity index is 1820. The van der Waals surface area contributed by atoms with Gasteiger partial charge < -0.3 is 30.1 Å². The zero-order valence-corrected chi connectivity index (χ0v) is 27.9. The molecule has 0 saturated carbocycles. The fourth-order valence-electron chi connectivity index (χ4n) is 5.03. The van der Waals surface area contributed by atoms with Gasteiger partial charge in [-0.15, -0.1) is 11.3 Å². The molecule has 0 aliphatic carbocycles. The maximum Gasteiger partial charge on any atom is 0.407 e. The molecule has 0 radical (unpaired) electrons. The summed E-state index contributed by atoms with van der Waals surface area (Å²) in [5.74, 6) is -0.578. The summed E-state index contributed by atoms with van der Waals surface area (Å²) in [5, 5.41) is 27.8. The molecule has 4 aromatic rings. The lowest BCUT2D eigenvalue weighted by atomic mass is 9.97. The summed E-state index contributed by atoms with van der Waals surface area (Å²) in [6, 6.07) is 15.0. The van der Waals surface area contributed by atoms with Crippen molar-refractivity contribution in [1.29, 1.82) is 5.26 Å². The molecule has 14 heteroatoms. The van der Waals surface area contributed by atoms with Crippen molar-refractivity contribution >= 4 is 52.4 Å². The summed E-state index contributed by atoms with van der Waals surface area (Å²) >= 11 is 7.38. The average Bonchev–Trinajstić information content (AvgIpc) is 3.54. The molecule has 3 amide bonds. The van der Waals surface area contributed by atoms with Crippen LogP contribution in [0.5, 0.6) is 5.75 Å². The van der Waals surface area contributed by atoms with Crippen molar-refractivity contribution in [2.24, 2.45) is 0 Å². The van der Waals surface area contributed by atoms with Crippen LogP contribution in [0.2, 0.25) is 5.02 Å². The molecular formula is C33H33ClN6O6S. The quantitative estimate of drug-likeness (QED) is 0.140. The maximum atomic E-state index is 13.0. The zero-order valence-electron chi connectivity index (χ0n) is 26.3. The molecule has 47 heavy (non-hydrogen) atoms. The Kier molecular flexibility index (Phi) is 11.1. The van der Waals surface area contributed by atoms with Crippen molar-refractivity contribution in [3.63, 3.8) is 0 Å². The molecule has 0 aliphatic rings. The number of nitrogens with one attached hydrogen (secondary N) is 2. The van der Waals surface area contributed by atoms with Gasteiger partial charge in [0.05, 0.1) is 5.69 Å². The number of hydrogen-bond donors (Lipinski definition) is 3. The van der Waals surface area contributed by atoms with Crippen molar-refractivity contribution < 1.29 is 29.0 Å². The van der Waals surface area contributed by atoms with Gasteiger partial charge in [-0.3, -0.25) is 9.59 Å². The number of thiazole rings is 1. The molecule has 0 spiro atoms. The molecule has 0 bridgehead atoms. The van der Waals surface area contributed by atoms with E-state index in [1.54, 1.807) is 81.6 Å². The number of carboxylic acid groups (broad SMARTS) is 1. The van der Waals surface area contributed by atoms with Gasteiger partial charge in [0.15, 0.2) is 17.6 Å². The Hall–Kier alpha value is -5.03. The first-order valence-corrected chi connectivity index (χ1v) is 15.6. The van der Waals surface area contributed by atoms with Crippen LogP contribution in [-0.4, -0.2) is 63.4 Å². The van der Waals surface area contributed by atoms with E-state index in [4.69, 9.17) is 21.1 Å². The van der Waals surface area contributed by atoms with Crippen LogP contribution in [0.15, 0.2) is 60.1 Å². The first-order chi connectivity index (χ1) is 22.3. The second-order valence-electron chi connectivity index (χ2n) is 11.4. The van der Waals surface area contributed by atoms with Crippen molar-refractivity contribution in [1.82, 2.24) is 14.9 Å². The highest BCUT2D eigenvalue weighted by Crippen LogP contribution is 2.38. The SMILES string of the molecule is COCOc1cc(Cl)ccc1-c1cc(-c2cccc(NC(=O)C[C@H](C)N(C(=O)O)C(C)(C)C)c2)c(C#N)c(NC(=O)c2nccs2)n1. The van der Waals surface area contributed by atoms with Crippen LogP contribution in [0.4, 0.5) is 16.3 Å². The van der Waals surface area contributed by atoms with Gasteiger partial charge in [0.25, 0.3) is 5.91 Å². The lowest BCUT2D eigenvalue weighted by Gasteiger charge is -2.37. The number of amides is 3. The summed E-state index contributed by atoms with van der Waals surface area (Å²) in [6.45, 7) is 6.90. The second kappa shape index (κ2) is 15.0. The number of carbonyl (C=O) groups excluding carboxylic acids is 2. The van der Waals surface area contributed by atoms with Gasteiger partial charge in [0.2, 0.25) is 5.91 Å². The van der Waals surface area contributed by atoms with Gasteiger partial charge in [0, 0.05) is 58.5 Å². The van der Waals surface area contributed by atoms with Crippen LogP contribution >= 0.6 is 22.9 Å². The molecule has 2 heterocycles. The molecule has 4 rings (SSSR count). The molecule has 0 unspecified atom stereocenters. The number of nitriles is 1. The minimum Gasteiger partial charge on any atom is -0.467 e. The number of pyridine rings is 1. The van der Waals surface area contributed by atoms with Crippen LogP contribution in [0.25, 0.3) is 22.4 Å². The van der Waals surface area contributed by atoms with Gasteiger partial charge in [-0.05, 0) is 69.7 Å². The average molecular weight is 677 g/mol. The fraction of sp³-hybridized carbons (Fsp3) is 0.273. The molecule has 0 fully saturated rings. The van der Waals surface area contributed by atoms with Gasteiger partial charge in [-0.1, -0.05) is 23.7 Å². The topological polar surface area (TPSA) is 167 Å². The highest BCUT2D eigenvalue weighted by molar-refractivity contribution is 7.11. The van der Waals surface area contributed by atoms with Gasteiger partial charge >= 0.3 is 6.09 Å². The smallest absolute Gasteiger partial charge is 0.407 e. The lowest BCUT2D eigenvalue weighted by molar-refractivity contribution is -0.117. The summed E-state index contributed by atoms with van der Waals surface area (Å²) in [5.41, 5.74) is 1.61. The van der Waals surface area contributed by atoms with E-state index >= 15 is 0 Å². The number of rotatable bonds is 11. The number of halogens is 1. The molecule has 0 aliphatic heterocycles. The van der Waals surface area contributed by atoms with Crippen LogP contribution in [0.1, 0.15) is 49.5 Å². The van der Waals surface area contributed by atoms with Crippen LogP contribution in [-0.2, 0) is 9.53 Å². The number of aromatic nitrogens is 2. The minimum absolute atomic E-state index is 0.00736. The van der Waals surface area contributed by atoms with E-state index < -0.39 is 29.5 Å². The Morgan fingerprint density at radius 3 is 2.53 bits per heavy atom. The molecular weight excluding hydrogens is 644 g/mol. The monoisotopic (exact) mass is 676 g/mol. The van der Waals surface area contributed by atoms with E-state index in [9.17, 15) is 24.8 Å². The van der Waals surface area contributed by atoms with Gasteiger partial charge in [-0.2, -0.15) is 5.26 Å². The van der Waals surface area contributed by atoms with Crippen molar-refractivity contribution in [3.05, 3.63) is 75.7 Å². The largest absolute Gasteiger partial charge is 0.467 e. The highest BCUT2D eigenvalue weighted by Gasteiger charge is 2.32. The Morgan fingerprint density at radius 1 is 1.13 bits per heavy atom. The summed E-state index contributed by atoms with van der Waals surface area (Å²) in [7, 11) is 1.48. The van der Waals surface area contributed by atoms with Crippen LogP contribution in [0.3, 0.4) is 0 Å². The number of nitrogens with zero attached hydrogens (tertiary/aromatic N) is 4. The van der Waals surface area contributed by atoms with Crippen LogP contribution in [0, 0.1) is 11.3 Å². The van der Waals surface area contributed by atoms with E-state index in [-0.39, 0.29) is 29.6 Å². The molecule has 12 nitrogen and oxygen atoms in total. The number of methoxy groups -OCH3 is 1. The van der Waals surface area contributed by atoms with Crippen molar-refractivity contribution in [2.75, 3.05) is 24.5 Å². The zero-order chi connectivity index (χ0) is 34.3. The first-order valence-electron chi connectivity index (χ1n) is 14.3. The van der Waals surface area contributed by atoms with Crippen molar-refractivity contribution in [2.45, 2.75) is 45.7 Å². The van der Waals surface area contributed by atoms with Gasteiger partial charge in [-0.25, -0.2) is 14.8 Å². The Morgan fingerprint density at radius 2 is 1.89 bits per heavy atom.